The van der Waals surface area contributed by atoms with Gasteiger partial charge in [0.25, 0.3) is 0 Å². The average Bonchev–Trinajstić information content (AvgIpc) is 2.29. The van der Waals surface area contributed by atoms with E-state index in [0.29, 0.717) is 5.92 Å². The van der Waals surface area contributed by atoms with E-state index in [0.717, 1.165) is 25.8 Å². The minimum Gasteiger partial charge on any atom is -0.480 e. The highest BCUT2D eigenvalue weighted by Gasteiger charge is 2.47. The first kappa shape index (κ1) is 7.10. The number of aliphatic carboxylic acids is 1. The van der Waals surface area contributed by atoms with Crippen LogP contribution in [-0.4, -0.2) is 23.2 Å². The Labute approximate surface area is 65.8 Å². The van der Waals surface area contributed by atoms with Crippen LogP contribution in [0.1, 0.15) is 25.7 Å². The van der Waals surface area contributed by atoms with E-state index in [-0.39, 0.29) is 0 Å². The van der Waals surface area contributed by atoms with Gasteiger partial charge >= 0.3 is 5.97 Å². The molecule has 3 heteroatoms. The number of hydrogen-bond acceptors (Lipinski definition) is 2. The van der Waals surface area contributed by atoms with Gasteiger partial charge in [-0.05, 0) is 31.7 Å². The maximum absolute atomic E-state index is 10.9. The molecule has 3 nitrogen and oxygen atoms in total. The van der Waals surface area contributed by atoms with Crippen molar-refractivity contribution in [3.05, 3.63) is 0 Å². The molecule has 1 unspecified atom stereocenters. The number of carboxylic acids is 1. The first-order valence-corrected chi connectivity index (χ1v) is 4.21. The van der Waals surface area contributed by atoms with Crippen molar-refractivity contribution < 1.29 is 9.90 Å². The van der Waals surface area contributed by atoms with E-state index in [9.17, 15) is 4.79 Å². The lowest BCUT2D eigenvalue weighted by Gasteiger charge is -2.27. The van der Waals surface area contributed by atoms with Crippen LogP contribution < -0.4 is 5.32 Å². The van der Waals surface area contributed by atoms with Gasteiger partial charge in [-0.15, -0.1) is 0 Å². The zero-order chi connectivity index (χ0) is 7.90. The molecule has 2 rings (SSSR count). The summed E-state index contributed by atoms with van der Waals surface area (Å²) >= 11 is 0. The summed E-state index contributed by atoms with van der Waals surface area (Å²) in [5, 5.41) is 12.1. The molecule has 0 aromatic carbocycles. The molecule has 1 saturated heterocycles. The minimum absolute atomic E-state index is 0.539. The molecule has 1 heterocycles. The Balaban J connectivity index is 2.19. The van der Waals surface area contributed by atoms with Crippen molar-refractivity contribution >= 4 is 5.97 Å². The molecule has 0 radical (unpaired) electrons. The third kappa shape index (κ3) is 0.948. The van der Waals surface area contributed by atoms with E-state index < -0.39 is 11.5 Å². The molecule has 0 spiro atoms. The van der Waals surface area contributed by atoms with E-state index >= 15 is 0 Å². The van der Waals surface area contributed by atoms with Crippen molar-refractivity contribution in [2.24, 2.45) is 5.92 Å². The second kappa shape index (κ2) is 2.21. The highest BCUT2D eigenvalue weighted by atomic mass is 16.4. The monoisotopic (exact) mass is 155 g/mol. The molecule has 0 amide bonds. The summed E-state index contributed by atoms with van der Waals surface area (Å²) in [6.07, 6.45) is 3.95. The molecule has 1 aliphatic carbocycles. The van der Waals surface area contributed by atoms with Crippen LogP contribution in [0.2, 0.25) is 0 Å². The second-order valence-electron chi connectivity index (χ2n) is 3.73. The van der Waals surface area contributed by atoms with Crippen LogP contribution >= 0.6 is 0 Å². The number of fused-ring (bicyclic) bond motifs is 2. The molecule has 2 atom stereocenters. The zero-order valence-corrected chi connectivity index (χ0v) is 6.47. The van der Waals surface area contributed by atoms with Gasteiger partial charge in [-0.3, -0.25) is 4.79 Å². The Hall–Kier alpha value is -0.570. The first-order valence-electron chi connectivity index (χ1n) is 4.21. The SMILES string of the molecule is O=C(O)[C@@]12CCCC(CN1)C2. The van der Waals surface area contributed by atoms with Gasteiger partial charge in [0.05, 0.1) is 0 Å². The summed E-state index contributed by atoms with van der Waals surface area (Å²) in [6.45, 7) is 0.909. The molecule has 2 fully saturated rings. The van der Waals surface area contributed by atoms with E-state index in [2.05, 4.69) is 5.32 Å². The van der Waals surface area contributed by atoms with Gasteiger partial charge < -0.3 is 10.4 Å². The minimum atomic E-state index is -0.653. The van der Waals surface area contributed by atoms with Crippen molar-refractivity contribution in [1.29, 1.82) is 0 Å². The lowest BCUT2D eigenvalue weighted by Crippen LogP contribution is -2.47. The van der Waals surface area contributed by atoms with Gasteiger partial charge in [-0.25, -0.2) is 0 Å². The lowest BCUT2D eigenvalue weighted by molar-refractivity contribution is -0.145. The van der Waals surface area contributed by atoms with Crippen molar-refractivity contribution in [3.63, 3.8) is 0 Å². The molecule has 0 aromatic heterocycles. The van der Waals surface area contributed by atoms with Gasteiger partial charge in [0.15, 0.2) is 0 Å². The molecule has 1 saturated carbocycles. The van der Waals surface area contributed by atoms with Crippen LogP contribution in [0.15, 0.2) is 0 Å². The fourth-order valence-electron chi connectivity index (χ4n) is 2.33. The summed E-state index contributed by atoms with van der Waals surface area (Å²) in [5.41, 5.74) is -0.539. The lowest BCUT2D eigenvalue weighted by atomic mass is 9.80. The largest absolute Gasteiger partial charge is 0.480 e. The molecule has 2 bridgehead atoms. The van der Waals surface area contributed by atoms with Crippen LogP contribution in [0.3, 0.4) is 0 Å². The molecule has 11 heavy (non-hydrogen) atoms. The van der Waals surface area contributed by atoms with Gasteiger partial charge in [0, 0.05) is 0 Å². The fourth-order valence-corrected chi connectivity index (χ4v) is 2.33. The summed E-state index contributed by atoms with van der Waals surface area (Å²) in [5.74, 6) is -0.0282. The Morgan fingerprint density at radius 1 is 1.64 bits per heavy atom. The molecule has 0 aromatic rings. The van der Waals surface area contributed by atoms with Gasteiger partial charge in [0.1, 0.15) is 5.54 Å². The molecule has 62 valence electrons. The number of nitrogens with one attached hydrogen (secondary N) is 1. The molecular weight excluding hydrogens is 142 g/mol. The fraction of sp³-hybridized carbons (Fsp3) is 0.875. The summed E-state index contributed by atoms with van der Waals surface area (Å²) < 4.78 is 0. The third-order valence-corrected chi connectivity index (χ3v) is 2.99. The zero-order valence-electron chi connectivity index (χ0n) is 6.47. The van der Waals surface area contributed by atoms with E-state index in [1.165, 1.54) is 6.42 Å². The van der Waals surface area contributed by atoms with Crippen LogP contribution in [0.25, 0.3) is 0 Å². The number of carboxylic acid groups (broad SMARTS) is 1. The topological polar surface area (TPSA) is 49.3 Å². The standard InChI is InChI=1S/C8H13NO2/c10-7(11)8-3-1-2-6(4-8)5-9-8/h6,9H,1-5H2,(H,10,11)/t6?,8-/m0/s1. The highest BCUT2D eigenvalue weighted by molar-refractivity contribution is 5.79. The van der Waals surface area contributed by atoms with Crippen LogP contribution in [0.4, 0.5) is 0 Å². The molecule has 2 aliphatic rings. The predicted octanol–water partition coefficient (Wildman–Crippen LogP) is 0.603. The van der Waals surface area contributed by atoms with E-state index in [1.54, 1.807) is 0 Å². The number of rotatable bonds is 1. The molecular formula is C8H13NO2. The predicted molar refractivity (Wildman–Crippen MR) is 40.3 cm³/mol. The number of carbonyl (C=O) groups is 1. The van der Waals surface area contributed by atoms with Crippen LogP contribution in [-0.2, 0) is 4.79 Å². The van der Waals surface area contributed by atoms with Crippen molar-refractivity contribution in [1.82, 2.24) is 5.32 Å². The molecule has 1 aliphatic heterocycles. The Morgan fingerprint density at radius 2 is 2.45 bits per heavy atom. The van der Waals surface area contributed by atoms with Gasteiger partial charge in [0.2, 0.25) is 0 Å². The maximum atomic E-state index is 10.9. The summed E-state index contributed by atoms with van der Waals surface area (Å²) in [4.78, 5) is 10.9. The number of hydrogen-bond donors (Lipinski definition) is 2. The van der Waals surface area contributed by atoms with Crippen molar-refractivity contribution in [2.45, 2.75) is 31.2 Å². The Morgan fingerprint density at radius 3 is 3.09 bits per heavy atom. The van der Waals surface area contributed by atoms with Crippen LogP contribution in [0.5, 0.6) is 0 Å². The normalized spacial score (nSPS) is 42.4. The smallest absolute Gasteiger partial charge is 0.323 e. The van der Waals surface area contributed by atoms with Gasteiger partial charge in [-0.1, -0.05) is 6.42 Å². The quantitative estimate of drug-likeness (QED) is 0.583. The summed E-state index contributed by atoms with van der Waals surface area (Å²) in [6, 6.07) is 0. The van der Waals surface area contributed by atoms with Crippen molar-refractivity contribution in [3.8, 4) is 0 Å². The van der Waals surface area contributed by atoms with Crippen molar-refractivity contribution in [2.75, 3.05) is 6.54 Å². The van der Waals surface area contributed by atoms with E-state index in [1.807, 2.05) is 0 Å². The molecule has 2 N–H and O–H groups in total. The Kier molecular flexibility index (Phi) is 1.42. The second-order valence-corrected chi connectivity index (χ2v) is 3.73. The third-order valence-electron chi connectivity index (χ3n) is 2.99. The highest BCUT2D eigenvalue weighted by Crippen LogP contribution is 2.37. The van der Waals surface area contributed by atoms with E-state index in [4.69, 9.17) is 5.11 Å². The Bertz CT molecular complexity index is 189. The first-order chi connectivity index (χ1) is 5.23. The average molecular weight is 155 g/mol. The maximum Gasteiger partial charge on any atom is 0.323 e. The van der Waals surface area contributed by atoms with Gasteiger partial charge in [-0.2, -0.15) is 0 Å². The van der Waals surface area contributed by atoms with Crippen LogP contribution in [0, 0.1) is 5.92 Å². The summed E-state index contributed by atoms with van der Waals surface area (Å²) in [7, 11) is 0.